The molecule has 0 aromatic carbocycles. The van der Waals surface area contributed by atoms with Crippen molar-refractivity contribution in [3.05, 3.63) is 11.9 Å². The molecule has 2 unspecified atom stereocenters. The summed E-state index contributed by atoms with van der Waals surface area (Å²) in [5.41, 5.74) is 5.79. The average Bonchev–Trinajstić information content (AvgIpc) is 2.96. The summed E-state index contributed by atoms with van der Waals surface area (Å²) in [6.07, 6.45) is 5.77. The molecule has 3 N–H and O–H groups in total. The third-order valence-electron chi connectivity index (χ3n) is 3.18. The zero-order valence-corrected chi connectivity index (χ0v) is 10.7. The minimum Gasteiger partial charge on any atom is -0.384 e. The van der Waals surface area contributed by atoms with Crippen LogP contribution < -0.4 is 11.1 Å². The van der Waals surface area contributed by atoms with Gasteiger partial charge in [0.2, 0.25) is 0 Å². The molecule has 17 heavy (non-hydrogen) atoms. The van der Waals surface area contributed by atoms with Gasteiger partial charge in [-0.05, 0) is 25.2 Å². The molecule has 1 fully saturated rings. The van der Waals surface area contributed by atoms with Crippen LogP contribution in [-0.2, 0) is 6.42 Å². The van der Waals surface area contributed by atoms with Crippen LogP contribution in [0.1, 0.15) is 45.4 Å². The molecule has 1 saturated carbocycles. The van der Waals surface area contributed by atoms with Crippen molar-refractivity contribution >= 4 is 11.6 Å². The Morgan fingerprint density at radius 2 is 2.18 bits per heavy atom. The summed E-state index contributed by atoms with van der Waals surface area (Å²) in [6.45, 7) is 4.36. The van der Waals surface area contributed by atoms with Crippen molar-refractivity contribution in [1.82, 2.24) is 9.97 Å². The van der Waals surface area contributed by atoms with Crippen molar-refractivity contribution in [2.45, 2.75) is 52.0 Å². The molecule has 0 spiro atoms. The van der Waals surface area contributed by atoms with E-state index in [2.05, 4.69) is 29.1 Å². The topological polar surface area (TPSA) is 63.8 Å². The molecule has 1 heterocycles. The Morgan fingerprint density at radius 3 is 2.88 bits per heavy atom. The fraction of sp³-hybridized carbons (Fsp3) is 0.692. The Hall–Kier alpha value is -1.32. The zero-order valence-electron chi connectivity index (χ0n) is 10.7. The summed E-state index contributed by atoms with van der Waals surface area (Å²) in [6, 6.07) is 2.43. The Labute approximate surface area is 103 Å². The quantitative estimate of drug-likeness (QED) is 0.794. The van der Waals surface area contributed by atoms with Crippen molar-refractivity contribution in [2.75, 3.05) is 11.1 Å². The zero-order chi connectivity index (χ0) is 12.3. The molecule has 1 aromatic rings. The number of anilines is 2. The van der Waals surface area contributed by atoms with E-state index < -0.39 is 0 Å². The maximum absolute atomic E-state index is 5.79. The summed E-state index contributed by atoms with van der Waals surface area (Å²) in [5, 5.41) is 3.46. The van der Waals surface area contributed by atoms with E-state index in [4.69, 9.17) is 5.73 Å². The SMILES string of the molecule is CCCc1nc(N)cc(NC2CC2CCC)n1. The molecule has 0 bridgehead atoms. The number of hydrogen-bond acceptors (Lipinski definition) is 4. The molecule has 4 nitrogen and oxygen atoms in total. The van der Waals surface area contributed by atoms with Gasteiger partial charge in [-0.3, -0.25) is 0 Å². The lowest BCUT2D eigenvalue weighted by Gasteiger charge is -2.07. The van der Waals surface area contributed by atoms with Crippen LogP contribution in [0.25, 0.3) is 0 Å². The van der Waals surface area contributed by atoms with E-state index >= 15 is 0 Å². The molecule has 0 amide bonds. The molecule has 4 heteroatoms. The van der Waals surface area contributed by atoms with Gasteiger partial charge in [0.25, 0.3) is 0 Å². The Bertz CT molecular complexity index is 378. The van der Waals surface area contributed by atoms with E-state index in [0.29, 0.717) is 11.9 Å². The largest absolute Gasteiger partial charge is 0.384 e. The van der Waals surface area contributed by atoms with Crippen LogP contribution in [0, 0.1) is 5.92 Å². The molecule has 1 aromatic heterocycles. The first kappa shape index (κ1) is 12.1. The van der Waals surface area contributed by atoms with Crippen molar-refractivity contribution < 1.29 is 0 Å². The number of hydrogen-bond donors (Lipinski definition) is 2. The Morgan fingerprint density at radius 1 is 1.35 bits per heavy atom. The first-order valence-corrected chi connectivity index (χ1v) is 6.62. The normalized spacial score (nSPS) is 22.5. The number of aryl methyl sites for hydroxylation is 1. The highest BCUT2D eigenvalue weighted by Gasteiger charge is 2.36. The molecular formula is C13H22N4. The van der Waals surface area contributed by atoms with E-state index in [0.717, 1.165) is 30.4 Å². The number of nitrogens with two attached hydrogens (primary N) is 1. The molecule has 1 aliphatic rings. The minimum absolute atomic E-state index is 0.568. The highest BCUT2D eigenvalue weighted by atomic mass is 15.1. The molecule has 2 atom stereocenters. The van der Waals surface area contributed by atoms with Crippen molar-refractivity contribution in [3.8, 4) is 0 Å². The number of rotatable bonds is 6. The van der Waals surface area contributed by atoms with E-state index in [1.165, 1.54) is 19.3 Å². The van der Waals surface area contributed by atoms with E-state index in [1.54, 1.807) is 0 Å². The molecule has 0 saturated heterocycles. The van der Waals surface area contributed by atoms with Crippen LogP contribution in [-0.4, -0.2) is 16.0 Å². The summed E-state index contributed by atoms with van der Waals surface area (Å²) >= 11 is 0. The molecule has 2 rings (SSSR count). The summed E-state index contributed by atoms with van der Waals surface area (Å²) < 4.78 is 0. The number of nitrogens with zero attached hydrogens (tertiary/aromatic N) is 2. The molecular weight excluding hydrogens is 212 g/mol. The van der Waals surface area contributed by atoms with E-state index in [9.17, 15) is 0 Å². The summed E-state index contributed by atoms with van der Waals surface area (Å²) in [4.78, 5) is 8.73. The summed E-state index contributed by atoms with van der Waals surface area (Å²) in [5.74, 6) is 3.14. The third-order valence-corrected chi connectivity index (χ3v) is 3.18. The Kier molecular flexibility index (Phi) is 3.82. The molecule has 0 radical (unpaired) electrons. The van der Waals surface area contributed by atoms with Gasteiger partial charge in [0, 0.05) is 18.5 Å². The van der Waals surface area contributed by atoms with Gasteiger partial charge in [-0.2, -0.15) is 0 Å². The maximum Gasteiger partial charge on any atom is 0.133 e. The lowest BCUT2D eigenvalue weighted by Crippen LogP contribution is -2.09. The van der Waals surface area contributed by atoms with Gasteiger partial charge in [-0.25, -0.2) is 9.97 Å². The second kappa shape index (κ2) is 5.34. The predicted molar refractivity (Wildman–Crippen MR) is 70.9 cm³/mol. The lowest BCUT2D eigenvalue weighted by molar-refractivity contribution is 0.691. The van der Waals surface area contributed by atoms with E-state index in [-0.39, 0.29) is 0 Å². The third kappa shape index (κ3) is 3.32. The van der Waals surface area contributed by atoms with Gasteiger partial charge in [0.05, 0.1) is 0 Å². The van der Waals surface area contributed by atoms with Crippen LogP contribution >= 0.6 is 0 Å². The first-order chi connectivity index (χ1) is 8.22. The van der Waals surface area contributed by atoms with Gasteiger partial charge in [-0.1, -0.05) is 20.3 Å². The van der Waals surface area contributed by atoms with E-state index in [1.807, 2.05) is 6.07 Å². The number of nitrogens with one attached hydrogen (secondary N) is 1. The second-order valence-corrected chi connectivity index (χ2v) is 4.88. The molecule has 0 aliphatic heterocycles. The molecule has 1 aliphatic carbocycles. The minimum atomic E-state index is 0.568. The number of nitrogen functional groups attached to an aromatic ring is 1. The maximum atomic E-state index is 5.79. The second-order valence-electron chi connectivity index (χ2n) is 4.88. The summed E-state index contributed by atoms with van der Waals surface area (Å²) in [7, 11) is 0. The smallest absolute Gasteiger partial charge is 0.133 e. The van der Waals surface area contributed by atoms with Gasteiger partial charge >= 0.3 is 0 Å². The van der Waals surface area contributed by atoms with Crippen molar-refractivity contribution in [2.24, 2.45) is 5.92 Å². The average molecular weight is 234 g/mol. The van der Waals surface area contributed by atoms with Crippen LogP contribution in [0.4, 0.5) is 11.6 Å². The van der Waals surface area contributed by atoms with Crippen LogP contribution in [0.15, 0.2) is 6.07 Å². The first-order valence-electron chi connectivity index (χ1n) is 6.62. The van der Waals surface area contributed by atoms with Crippen LogP contribution in [0.2, 0.25) is 0 Å². The van der Waals surface area contributed by atoms with Gasteiger partial charge < -0.3 is 11.1 Å². The predicted octanol–water partition coefficient (Wildman–Crippen LogP) is 2.61. The lowest BCUT2D eigenvalue weighted by atomic mass is 10.2. The molecule has 94 valence electrons. The van der Waals surface area contributed by atoms with Crippen LogP contribution in [0.3, 0.4) is 0 Å². The highest BCUT2D eigenvalue weighted by Crippen LogP contribution is 2.36. The fourth-order valence-corrected chi connectivity index (χ4v) is 2.23. The highest BCUT2D eigenvalue weighted by molar-refractivity contribution is 5.46. The van der Waals surface area contributed by atoms with Gasteiger partial charge in [0.1, 0.15) is 17.5 Å². The van der Waals surface area contributed by atoms with Gasteiger partial charge in [0.15, 0.2) is 0 Å². The Balaban J connectivity index is 1.96. The number of aromatic nitrogens is 2. The monoisotopic (exact) mass is 234 g/mol. The fourth-order valence-electron chi connectivity index (χ4n) is 2.23. The van der Waals surface area contributed by atoms with Crippen molar-refractivity contribution in [3.63, 3.8) is 0 Å². The standard InChI is InChI=1S/C13H22N4/c1-3-5-9-7-10(9)15-13-8-11(14)16-12(17-13)6-4-2/h8-10H,3-7H2,1-2H3,(H3,14,15,16,17). The van der Waals surface area contributed by atoms with Crippen molar-refractivity contribution in [1.29, 1.82) is 0 Å². The van der Waals surface area contributed by atoms with Crippen LogP contribution in [0.5, 0.6) is 0 Å². The van der Waals surface area contributed by atoms with Gasteiger partial charge in [-0.15, -0.1) is 0 Å².